The standard InChI is InChI=1S/C9H13N3O2.ClH/c1-6-8(9(13)14-2)7-5-10-3-4-12(7)11-6;/h10H,3-5H2,1-2H3;1H. The molecule has 0 aliphatic carbocycles. The second-order valence-electron chi connectivity index (χ2n) is 3.30. The van der Waals surface area contributed by atoms with Gasteiger partial charge in [0, 0.05) is 13.1 Å². The van der Waals surface area contributed by atoms with Crippen LogP contribution in [-0.2, 0) is 17.8 Å². The summed E-state index contributed by atoms with van der Waals surface area (Å²) in [5.74, 6) is -0.299. The van der Waals surface area contributed by atoms with Crippen LogP contribution in [0.25, 0.3) is 0 Å². The molecule has 1 aromatic heterocycles. The maximum atomic E-state index is 11.5. The summed E-state index contributed by atoms with van der Waals surface area (Å²) < 4.78 is 6.59. The number of hydrogen-bond acceptors (Lipinski definition) is 4. The lowest BCUT2D eigenvalue weighted by molar-refractivity contribution is 0.0598. The van der Waals surface area contributed by atoms with Crippen molar-refractivity contribution in [2.75, 3.05) is 13.7 Å². The van der Waals surface area contributed by atoms with Gasteiger partial charge in [-0.05, 0) is 6.92 Å². The predicted molar refractivity (Wildman–Crippen MR) is 57.3 cm³/mol. The van der Waals surface area contributed by atoms with E-state index in [1.165, 1.54) is 7.11 Å². The fraction of sp³-hybridized carbons (Fsp3) is 0.556. The van der Waals surface area contributed by atoms with Crippen molar-refractivity contribution in [3.8, 4) is 0 Å². The van der Waals surface area contributed by atoms with E-state index in [0.717, 1.165) is 24.5 Å². The molecule has 1 aliphatic rings. The molecular formula is C9H14ClN3O2. The maximum absolute atomic E-state index is 11.5. The second kappa shape index (κ2) is 4.63. The number of nitrogens with one attached hydrogen (secondary N) is 1. The zero-order valence-electron chi connectivity index (χ0n) is 8.74. The van der Waals surface area contributed by atoms with Crippen LogP contribution in [-0.4, -0.2) is 29.4 Å². The van der Waals surface area contributed by atoms with Crippen molar-refractivity contribution in [2.45, 2.75) is 20.0 Å². The molecule has 0 atom stereocenters. The Bertz CT molecular complexity index is 376. The number of nitrogens with zero attached hydrogens (tertiary/aromatic N) is 2. The number of rotatable bonds is 1. The largest absolute Gasteiger partial charge is 0.465 e. The van der Waals surface area contributed by atoms with E-state index < -0.39 is 0 Å². The first-order valence-electron chi connectivity index (χ1n) is 4.59. The van der Waals surface area contributed by atoms with Crippen LogP contribution in [0.2, 0.25) is 0 Å². The minimum atomic E-state index is -0.299. The molecule has 6 heteroatoms. The van der Waals surface area contributed by atoms with Crippen LogP contribution in [0.1, 0.15) is 21.7 Å². The van der Waals surface area contributed by atoms with E-state index in [1.807, 2.05) is 11.6 Å². The minimum Gasteiger partial charge on any atom is -0.465 e. The molecule has 5 nitrogen and oxygen atoms in total. The van der Waals surface area contributed by atoms with Crippen molar-refractivity contribution < 1.29 is 9.53 Å². The Balaban J connectivity index is 0.00000112. The number of halogens is 1. The lowest BCUT2D eigenvalue weighted by atomic mass is 10.1. The number of esters is 1. The van der Waals surface area contributed by atoms with E-state index in [9.17, 15) is 4.79 Å². The third-order valence-electron chi connectivity index (χ3n) is 2.42. The first kappa shape index (κ1) is 12.0. The Morgan fingerprint density at radius 2 is 2.33 bits per heavy atom. The van der Waals surface area contributed by atoms with Crippen molar-refractivity contribution in [1.82, 2.24) is 15.1 Å². The number of aromatic nitrogens is 2. The van der Waals surface area contributed by atoms with Crippen LogP contribution in [0.5, 0.6) is 0 Å². The van der Waals surface area contributed by atoms with Crippen LogP contribution in [0.3, 0.4) is 0 Å². The molecule has 0 radical (unpaired) electrons. The van der Waals surface area contributed by atoms with Crippen LogP contribution in [0.15, 0.2) is 0 Å². The number of fused-ring (bicyclic) bond motifs is 1. The molecule has 0 bridgehead atoms. The van der Waals surface area contributed by atoms with Gasteiger partial charge in [-0.2, -0.15) is 5.10 Å². The summed E-state index contributed by atoms with van der Waals surface area (Å²) >= 11 is 0. The summed E-state index contributed by atoms with van der Waals surface area (Å²) in [7, 11) is 1.39. The SMILES string of the molecule is COC(=O)c1c(C)nn2c1CNCC2.Cl. The smallest absolute Gasteiger partial charge is 0.341 e. The van der Waals surface area contributed by atoms with Gasteiger partial charge in [0.2, 0.25) is 0 Å². The normalized spacial score (nSPS) is 14.0. The number of carbonyl (C=O) groups excluding carboxylic acids is 1. The third-order valence-corrected chi connectivity index (χ3v) is 2.42. The molecule has 0 spiro atoms. The molecule has 2 rings (SSSR count). The van der Waals surface area contributed by atoms with Crippen molar-refractivity contribution in [3.05, 3.63) is 17.0 Å². The molecular weight excluding hydrogens is 218 g/mol. The summed E-state index contributed by atoms with van der Waals surface area (Å²) in [5, 5.41) is 7.50. The van der Waals surface area contributed by atoms with Crippen LogP contribution >= 0.6 is 12.4 Å². The summed E-state index contributed by atoms with van der Waals surface area (Å²) in [6, 6.07) is 0. The van der Waals surface area contributed by atoms with Gasteiger partial charge in [-0.15, -0.1) is 12.4 Å². The minimum absolute atomic E-state index is 0. The van der Waals surface area contributed by atoms with Crippen molar-refractivity contribution >= 4 is 18.4 Å². The van der Waals surface area contributed by atoms with E-state index >= 15 is 0 Å². The predicted octanol–water partition coefficient (Wildman–Crippen LogP) is 0.503. The Kier molecular flexibility index (Phi) is 3.71. The summed E-state index contributed by atoms with van der Waals surface area (Å²) in [6.45, 7) is 4.23. The third kappa shape index (κ3) is 1.98. The first-order chi connectivity index (χ1) is 6.74. The monoisotopic (exact) mass is 231 g/mol. The summed E-state index contributed by atoms with van der Waals surface area (Å²) in [5.41, 5.74) is 2.29. The average molecular weight is 232 g/mol. The van der Waals surface area contributed by atoms with Crippen molar-refractivity contribution in [1.29, 1.82) is 0 Å². The molecule has 1 N–H and O–H groups in total. The van der Waals surface area contributed by atoms with Gasteiger partial charge < -0.3 is 10.1 Å². The topological polar surface area (TPSA) is 56.1 Å². The number of aryl methyl sites for hydroxylation is 1. The van der Waals surface area contributed by atoms with Crippen LogP contribution in [0, 0.1) is 6.92 Å². The first-order valence-corrected chi connectivity index (χ1v) is 4.59. The van der Waals surface area contributed by atoms with Gasteiger partial charge in [0.25, 0.3) is 0 Å². The van der Waals surface area contributed by atoms with Crippen LogP contribution < -0.4 is 5.32 Å². The molecule has 15 heavy (non-hydrogen) atoms. The Labute approximate surface area is 94.2 Å². The highest BCUT2D eigenvalue weighted by Gasteiger charge is 2.23. The molecule has 1 aliphatic heterocycles. The number of carbonyl (C=O) groups is 1. The highest BCUT2D eigenvalue weighted by atomic mass is 35.5. The molecule has 84 valence electrons. The number of hydrogen-bond donors (Lipinski definition) is 1. The molecule has 0 fully saturated rings. The average Bonchev–Trinajstić information content (AvgIpc) is 2.53. The molecule has 2 heterocycles. The lowest BCUT2D eigenvalue weighted by Gasteiger charge is -2.15. The van der Waals surface area contributed by atoms with Gasteiger partial charge in [-0.1, -0.05) is 0 Å². The van der Waals surface area contributed by atoms with E-state index in [4.69, 9.17) is 4.74 Å². The summed E-state index contributed by atoms with van der Waals surface area (Å²) in [4.78, 5) is 11.5. The zero-order chi connectivity index (χ0) is 10.1. The van der Waals surface area contributed by atoms with E-state index in [-0.39, 0.29) is 18.4 Å². The molecule has 0 amide bonds. The highest BCUT2D eigenvalue weighted by molar-refractivity contribution is 5.91. The van der Waals surface area contributed by atoms with Gasteiger partial charge in [0.05, 0.1) is 25.0 Å². The van der Waals surface area contributed by atoms with Gasteiger partial charge in [-0.25, -0.2) is 4.79 Å². The Morgan fingerprint density at radius 1 is 1.60 bits per heavy atom. The van der Waals surface area contributed by atoms with Gasteiger partial charge in [0.15, 0.2) is 0 Å². The fourth-order valence-corrected chi connectivity index (χ4v) is 1.75. The van der Waals surface area contributed by atoms with E-state index in [0.29, 0.717) is 12.1 Å². The highest BCUT2D eigenvalue weighted by Crippen LogP contribution is 2.16. The summed E-state index contributed by atoms with van der Waals surface area (Å²) in [6.07, 6.45) is 0. The number of methoxy groups -OCH3 is 1. The van der Waals surface area contributed by atoms with E-state index in [1.54, 1.807) is 0 Å². The second-order valence-corrected chi connectivity index (χ2v) is 3.30. The van der Waals surface area contributed by atoms with Crippen molar-refractivity contribution in [3.63, 3.8) is 0 Å². The zero-order valence-corrected chi connectivity index (χ0v) is 9.56. The number of ether oxygens (including phenoxy) is 1. The quantitative estimate of drug-likeness (QED) is 0.716. The van der Waals surface area contributed by atoms with E-state index in [2.05, 4.69) is 10.4 Å². The Morgan fingerprint density at radius 3 is 3.00 bits per heavy atom. The maximum Gasteiger partial charge on any atom is 0.341 e. The van der Waals surface area contributed by atoms with Gasteiger partial charge in [0.1, 0.15) is 5.56 Å². The lowest BCUT2D eigenvalue weighted by Crippen LogP contribution is -2.29. The van der Waals surface area contributed by atoms with Crippen molar-refractivity contribution in [2.24, 2.45) is 0 Å². The molecule has 0 unspecified atom stereocenters. The molecule has 0 aromatic carbocycles. The fourth-order valence-electron chi connectivity index (χ4n) is 1.75. The molecule has 1 aromatic rings. The molecule has 0 saturated carbocycles. The van der Waals surface area contributed by atoms with Gasteiger partial charge in [-0.3, -0.25) is 4.68 Å². The van der Waals surface area contributed by atoms with Gasteiger partial charge >= 0.3 is 5.97 Å². The molecule has 0 saturated heterocycles. The van der Waals surface area contributed by atoms with Crippen LogP contribution in [0.4, 0.5) is 0 Å². The Hall–Kier alpha value is -1.07.